The van der Waals surface area contributed by atoms with E-state index in [0.29, 0.717) is 11.3 Å². The van der Waals surface area contributed by atoms with Crippen molar-refractivity contribution in [1.29, 1.82) is 0 Å². The number of halogens is 2. The van der Waals surface area contributed by atoms with Gasteiger partial charge in [0.15, 0.2) is 0 Å². The van der Waals surface area contributed by atoms with Gasteiger partial charge in [0, 0.05) is 0 Å². The molecule has 1 unspecified atom stereocenters. The molecular weight excluding hydrogens is 715 g/mol. The molecule has 0 saturated heterocycles. The minimum absolute atomic E-state index is 0. The molecule has 0 radical (unpaired) electrons. The van der Waals surface area contributed by atoms with Crippen molar-refractivity contribution in [1.82, 2.24) is 0 Å². The van der Waals surface area contributed by atoms with Crippen LogP contribution in [-0.2, 0) is 41.5 Å². The molecule has 0 N–H and O–H groups in total. The van der Waals surface area contributed by atoms with Crippen LogP contribution in [0.4, 0.5) is 0 Å². The monoisotopic (exact) mass is 766 g/mol. The van der Waals surface area contributed by atoms with Gasteiger partial charge in [-0.25, -0.2) is 5.57 Å². The van der Waals surface area contributed by atoms with Gasteiger partial charge in [-0.05, 0) is 28.4 Å². The van der Waals surface area contributed by atoms with E-state index in [1.165, 1.54) is 83.1 Å². The average molecular weight is 769 g/mol. The van der Waals surface area contributed by atoms with E-state index in [4.69, 9.17) is 0 Å². The van der Waals surface area contributed by atoms with Crippen LogP contribution in [0.5, 0.6) is 0 Å². The molecule has 0 nitrogen and oxygen atoms in total. The third kappa shape index (κ3) is 11.3. The first-order chi connectivity index (χ1) is 22.0. The molecule has 2 aliphatic carbocycles. The molecule has 0 aliphatic heterocycles. The van der Waals surface area contributed by atoms with Gasteiger partial charge in [0.25, 0.3) is 0 Å². The van der Waals surface area contributed by atoms with Crippen molar-refractivity contribution >= 4 is 3.21 Å². The summed E-state index contributed by atoms with van der Waals surface area (Å²) < 4.78 is 1.42. The maximum absolute atomic E-state index is 3.67. The normalized spacial score (nSPS) is 14.7. The molecule has 4 aromatic rings. The third-order valence-corrected chi connectivity index (χ3v) is 10.3. The summed E-state index contributed by atoms with van der Waals surface area (Å²) in [6.45, 7) is 24.8. The van der Waals surface area contributed by atoms with Crippen LogP contribution >= 0.6 is 0 Å². The summed E-state index contributed by atoms with van der Waals surface area (Å²) in [6, 6.07) is 36.3. The molecule has 0 aromatic heterocycles. The number of benzene rings is 4. The van der Waals surface area contributed by atoms with Gasteiger partial charge in [-0.1, -0.05) is 118 Å². The first-order valence-electron chi connectivity index (χ1n) is 17.2. The van der Waals surface area contributed by atoms with Crippen molar-refractivity contribution in [2.24, 2.45) is 11.3 Å². The van der Waals surface area contributed by atoms with Gasteiger partial charge in [0.2, 0.25) is 0 Å². The van der Waals surface area contributed by atoms with Crippen molar-refractivity contribution in [3.63, 3.8) is 0 Å². The van der Waals surface area contributed by atoms with Gasteiger partial charge in [0.05, 0.1) is 0 Å². The zero-order valence-electron chi connectivity index (χ0n) is 31.5. The van der Waals surface area contributed by atoms with Gasteiger partial charge in [-0.15, -0.1) is 11.1 Å². The van der Waals surface area contributed by atoms with E-state index in [2.05, 4.69) is 185 Å². The van der Waals surface area contributed by atoms with Crippen molar-refractivity contribution in [3.05, 3.63) is 154 Å². The molecule has 3 heteroatoms. The number of hydrogen-bond donors (Lipinski definition) is 0. The average Bonchev–Trinajstić information content (AvgIpc) is 3.60. The molecule has 2 aliphatic rings. The van der Waals surface area contributed by atoms with E-state index >= 15 is 0 Å². The summed E-state index contributed by atoms with van der Waals surface area (Å²) in [5, 5.41) is 0. The quantitative estimate of drug-likeness (QED) is 0.192. The summed E-state index contributed by atoms with van der Waals surface area (Å²) in [5.41, 5.74) is 14.6. The molecule has 0 bridgehead atoms. The van der Waals surface area contributed by atoms with Crippen molar-refractivity contribution in [2.45, 2.75) is 99.8 Å². The van der Waals surface area contributed by atoms with Gasteiger partial charge in [-0.3, -0.25) is 6.08 Å². The second-order valence-corrected chi connectivity index (χ2v) is 17.2. The second-order valence-electron chi connectivity index (χ2n) is 16.0. The zero-order valence-corrected chi connectivity index (χ0v) is 35.5. The molecule has 1 atom stereocenters. The molecular formula is C46H54Cl2Zr-2. The zero-order chi connectivity index (χ0) is 34.6. The Labute approximate surface area is 326 Å². The standard InChI is InChI=1S/C21H25.C13H10.C12H19.2ClH.Zr/c1-20(2,3)16-7-9-18-14(12-16)11-15-13-17(21(4,5)6)8-10-19(15)18;1-3-7-12(8-4-1)11-13-9-5-2-6-10-13;1-6-10-7-9(2)8-11(10)12(3,4)5;;;/h7-10,12H,11H2,1-6H3;1-10H;8-9H,6H2,1-5H3;2*1H;/q-1;;-1;;;+2/p-2. The predicted molar refractivity (Wildman–Crippen MR) is 201 cm³/mol. The van der Waals surface area contributed by atoms with Gasteiger partial charge in [0.1, 0.15) is 0 Å². The molecule has 258 valence electrons. The molecule has 0 spiro atoms. The van der Waals surface area contributed by atoms with Crippen molar-refractivity contribution < 1.29 is 49.0 Å². The van der Waals surface area contributed by atoms with Crippen LogP contribution in [0.25, 0.3) is 11.1 Å². The van der Waals surface area contributed by atoms with E-state index in [-0.39, 0.29) is 35.6 Å². The van der Waals surface area contributed by atoms with Crippen LogP contribution < -0.4 is 24.8 Å². The van der Waals surface area contributed by atoms with E-state index in [1.54, 1.807) is 0 Å². The second kappa shape index (κ2) is 17.8. The number of hydrogen-bond acceptors (Lipinski definition) is 0. The summed E-state index contributed by atoms with van der Waals surface area (Å²) in [7, 11) is 0. The van der Waals surface area contributed by atoms with Crippen LogP contribution in [0, 0.1) is 23.5 Å². The summed E-state index contributed by atoms with van der Waals surface area (Å²) >= 11 is 1.46. The van der Waals surface area contributed by atoms with E-state index in [9.17, 15) is 0 Å². The Morgan fingerprint density at radius 2 is 1.22 bits per heavy atom. The molecule has 0 saturated carbocycles. The van der Waals surface area contributed by atoms with E-state index in [0.717, 1.165) is 12.8 Å². The molecule has 6 rings (SSSR count). The number of rotatable bonds is 3. The Morgan fingerprint density at radius 1 is 0.694 bits per heavy atom. The van der Waals surface area contributed by atoms with Crippen LogP contribution in [0.3, 0.4) is 0 Å². The summed E-state index contributed by atoms with van der Waals surface area (Å²) in [6.07, 6.45) is 7.98. The predicted octanol–water partition coefficient (Wildman–Crippen LogP) is 6.21. The van der Waals surface area contributed by atoms with Gasteiger partial charge < -0.3 is 24.8 Å². The topological polar surface area (TPSA) is 0 Å². The SMILES string of the molecule is CC(C)(C)c1[c-]c2c(cc1)-c1ccc(C(C)(C)C)cc1C2.CCC1=[C-]C(C)C=C1C(C)(C)C.[Cl-].[Cl-].[Zr+2]=[C](c1ccccc1)c1ccccc1. The van der Waals surface area contributed by atoms with Crippen LogP contribution in [0.1, 0.15) is 116 Å². The first kappa shape index (κ1) is 42.9. The Balaban J connectivity index is 0.000000262. The summed E-state index contributed by atoms with van der Waals surface area (Å²) in [5.74, 6) is 0.522. The van der Waals surface area contributed by atoms with Gasteiger partial charge >= 0.3 is 99.2 Å². The Bertz CT molecular complexity index is 1640. The van der Waals surface area contributed by atoms with Crippen LogP contribution in [0.2, 0.25) is 0 Å². The maximum atomic E-state index is 3.67. The first-order valence-corrected chi connectivity index (χ1v) is 18.5. The Kier molecular flexibility index (Phi) is 15.5. The third-order valence-electron chi connectivity index (χ3n) is 8.89. The van der Waals surface area contributed by atoms with Crippen molar-refractivity contribution in [3.8, 4) is 11.1 Å². The molecule has 4 aromatic carbocycles. The summed E-state index contributed by atoms with van der Waals surface area (Å²) in [4.78, 5) is 0. The molecule has 0 heterocycles. The fourth-order valence-corrected chi connectivity index (χ4v) is 6.96. The van der Waals surface area contributed by atoms with Crippen LogP contribution in [-0.4, -0.2) is 3.21 Å². The Morgan fingerprint density at radius 3 is 1.67 bits per heavy atom. The van der Waals surface area contributed by atoms with Crippen molar-refractivity contribution in [2.75, 3.05) is 0 Å². The minimum atomic E-state index is 0. The van der Waals surface area contributed by atoms with Crippen LogP contribution in [0.15, 0.2) is 108 Å². The van der Waals surface area contributed by atoms with Gasteiger partial charge in [-0.2, -0.15) is 35.4 Å². The molecule has 0 fully saturated rings. The van der Waals surface area contributed by atoms with E-state index < -0.39 is 0 Å². The fraction of sp³-hybridized carbons (Fsp3) is 0.370. The Hall–Kier alpha value is -2.31. The number of fused-ring (bicyclic) bond motifs is 3. The molecule has 0 amide bonds. The fourth-order valence-electron chi connectivity index (χ4n) is 6.14. The molecule has 49 heavy (non-hydrogen) atoms. The van der Waals surface area contributed by atoms with E-state index in [1.807, 2.05) is 0 Å². The number of allylic oxidation sites excluding steroid dienone is 4.